The Morgan fingerprint density at radius 1 is 1.08 bits per heavy atom. The van der Waals surface area contributed by atoms with Gasteiger partial charge < -0.3 is 20.1 Å². The maximum Gasteiger partial charge on any atom is 0.355 e. The maximum absolute atomic E-state index is 11.8. The van der Waals surface area contributed by atoms with Crippen LogP contribution in [0.4, 0.5) is 0 Å². The summed E-state index contributed by atoms with van der Waals surface area (Å²) in [7, 11) is 0. The van der Waals surface area contributed by atoms with Gasteiger partial charge in [-0.2, -0.15) is 0 Å². The summed E-state index contributed by atoms with van der Waals surface area (Å²) in [6.07, 6.45) is 3.36. The number of aromatic carboxylic acids is 1. The molecule has 2 aromatic rings. The minimum absolute atomic E-state index is 0.317. The van der Waals surface area contributed by atoms with Gasteiger partial charge in [-0.3, -0.25) is 0 Å². The molecule has 1 aromatic carbocycles. The number of esters is 2. The summed E-state index contributed by atoms with van der Waals surface area (Å²) in [5.41, 5.74) is -0.501. The van der Waals surface area contributed by atoms with Gasteiger partial charge in [0.2, 0.25) is 0 Å². The minimum atomic E-state index is -1.43. The molecule has 8 heteroatoms. The predicted octanol–water partition coefficient (Wildman–Crippen LogP) is 1.59. The van der Waals surface area contributed by atoms with Crippen molar-refractivity contribution in [3.63, 3.8) is 0 Å². The number of benzene rings is 1. The van der Waals surface area contributed by atoms with Crippen LogP contribution in [-0.2, 0) is 9.53 Å². The Hall–Kier alpha value is -3.68. The van der Waals surface area contributed by atoms with Gasteiger partial charge in [0.15, 0.2) is 17.2 Å². The van der Waals surface area contributed by atoms with Crippen LogP contribution in [0, 0.1) is 0 Å². The molecule has 24 heavy (non-hydrogen) atoms. The van der Waals surface area contributed by atoms with Crippen LogP contribution >= 0.6 is 0 Å². The van der Waals surface area contributed by atoms with Gasteiger partial charge in [-0.15, -0.1) is 0 Å². The fourth-order valence-electron chi connectivity index (χ4n) is 1.73. The third-order valence-electron chi connectivity index (χ3n) is 2.83. The predicted molar refractivity (Wildman–Crippen MR) is 80.4 cm³/mol. The molecule has 2 rings (SSSR count). The van der Waals surface area contributed by atoms with Crippen LogP contribution in [0.3, 0.4) is 0 Å². The number of ether oxygens (including phenoxy) is 1. The van der Waals surface area contributed by atoms with Crippen LogP contribution in [0.15, 0.2) is 42.6 Å². The van der Waals surface area contributed by atoms with Crippen LogP contribution in [0.1, 0.15) is 26.4 Å². The molecular formula is C16H11NO7. The molecule has 0 amide bonds. The van der Waals surface area contributed by atoms with Crippen molar-refractivity contribution in [3.05, 3.63) is 59.4 Å². The number of pyridine rings is 1. The minimum Gasteiger partial charge on any atom is -0.504 e. The third kappa shape index (κ3) is 3.95. The topological polar surface area (TPSA) is 134 Å². The van der Waals surface area contributed by atoms with E-state index in [4.69, 9.17) is 5.11 Å². The Balaban J connectivity index is 2.09. The molecular weight excluding hydrogens is 318 g/mol. The molecule has 0 atom stereocenters. The Morgan fingerprint density at radius 2 is 1.83 bits per heavy atom. The highest BCUT2D eigenvalue weighted by Crippen LogP contribution is 2.25. The van der Waals surface area contributed by atoms with Gasteiger partial charge in [0.25, 0.3) is 0 Å². The monoisotopic (exact) mass is 329 g/mol. The quantitative estimate of drug-likeness (QED) is 0.333. The van der Waals surface area contributed by atoms with Gasteiger partial charge in [0, 0.05) is 12.3 Å². The Kier molecular flexibility index (Phi) is 4.90. The molecule has 0 saturated carbocycles. The van der Waals surface area contributed by atoms with E-state index in [0.29, 0.717) is 5.56 Å². The molecule has 1 aromatic heterocycles. The van der Waals surface area contributed by atoms with Gasteiger partial charge in [-0.05, 0) is 35.9 Å². The lowest BCUT2D eigenvalue weighted by Crippen LogP contribution is -2.15. The molecule has 0 bridgehead atoms. The second-order valence-corrected chi connectivity index (χ2v) is 4.49. The summed E-state index contributed by atoms with van der Waals surface area (Å²) in [6.45, 7) is 0. The van der Waals surface area contributed by atoms with Gasteiger partial charge in [-0.25, -0.2) is 19.4 Å². The van der Waals surface area contributed by atoms with E-state index >= 15 is 0 Å². The zero-order valence-electron chi connectivity index (χ0n) is 12.0. The number of phenols is 2. The van der Waals surface area contributed by atoms with Crippen molar-refractivity contribution in [1.82, 2.24) is 4.98 Å². The fraction of sp³-hybridized carbons (Fsp3) is 0. The molecule has 0 unspecified atom stereocenters. The molecule has 0 aliphatic carbocycles. The van der Waals surface area contributed by atoms with Gasteiger partial charge in [0.1, 0.15) is 0 Å². The highest BCUT2D eigenvalue weighted by molar-refractivity contribution is 6.06. The van der Waals surface area contributed by atoms with Crippen LogP contribution in [-0.4, -0.2) is 38.2 Å². The van der Waals surface area contributed by atoms with Gasteiger partial charge in [0.05, 0.1) is 5.56 Å². The van der Waals surface area contributed by atoms with E-state index in [9.17, 15) is 24.6 Å². The lowest BCUT2D eigenvalue weighted by molar-refractivity contribution is -0.132. The van der Waals surface area contributed by atoms with Crippen molar-refractivity contribution in [2.75, 3.05) is 0 Å². The molecule has 0 fully saturated rings. The third-order valence-corrected chi connectivity index (χ3v) is 2.83. The number of rotatable bonds is 4. The van der Waals surface area contributed by atoms with Crippen LogP contribution in [0.5, 0.6) is 11.5 Å². The average molecular weight is 329 g/mol. The van der Waals surface area contributed by atoms with Crippen LogP contribution in [0.2, 0.25) is 0 Å². The van der Waals surface area contributed by atoms with Crippen molar-refractivity contribution in [2.45, 2.75) is 0 Å². The van der Waals surface area contributed by atoms with E-state index in [0.717, 1.165) is 6.08 Å². The lowest BCUT2D eigenvalue weighted by atomic mass is 10.2. The van der Waals surface area contributed by atoms with Crippen molar-refractivity contribution < 1.29 is 34.4 Å². The van der Waals surface area contributed by atoms with Crippen LogP contribution in [0.25, 0.3) is 6.08 Å². The number of carboxylic acid groups (broad SMARTS) is 1. The number of carbonyl (C=O) groups is 3. The SMILES string of the molecule is O=C(/C=C/c1ccc(O)c(O)c1)OC(=O)c1cccnc1C(=O)O. The fourth-order valence-corrected chi connectivity index (χ4v) is 1.73. The molecule has 0 spiro atoms. The smallest absolute Gasteiger partial charge is 0.355 e. The van der Waals surface area contributed by atoms with Crippen molar-refractivity contribution in [2.24, 2.45) is 0 Å². The zero-order valence-corrected chi connectivity index (χ0v) is 12.0. The number of nitrogens with zero attached hydrogens (tertiary/aromatic N) is 1. The summed E-state index contributed by atoms with van der Waals surface area (Å²) in [6, 6.07) is 6.35. The number of carbonyl (C=O) groups excluding carboxylic acids is 2. The molecule has 0 radical (unpaired) electrons. The Labute approximate surface area is 135 Å². The van der Waals surface area contributed by atoms with Crippen LogP contribution < -0.4 is 0 Å². The molecule has 1 heterocycles. The van der Waals surface area contributed by atoms with E-state index in [1.165, 1.54) is 42.6 Å². The molecule has 122 valence electrons. The number of aromatic hydroxyl groups is 2. The highest BCUT2D eigenvalue weighted by atomic mass is 16.6. The van der Waals surface area contributed by atoms with Gasteiger partial charge >= 0.3 is 17.9 Å². The van der Waals surface area contributed by atoms with E-state index < -0.39 is 23.6 Å². The van der Waals surface area contributed by atoms with E-state index in [-0.39, 0.29) is 17.1 Å². The number of aromatic nitrogens is 1. The van der Waals surface area contributed by atoms with Crippen molar-refractivity contribution in [3.8, 4) is 11.5 Å². The Bertz CT molecular complexity index is 842. The van der Waals surface area contributed by atoms with Crippen molar-refractivity contribution >= 4 is 24.0 Å². The number of carboxylic acids is 1. The average Bonchev–Trinajstić information content (AvgIpc) is 2.55. The summed E-state index contributed by atoms with van der Waals surface area (Å²) in [5.74, 6) is -4.30. The molecule has 8 nitrogen and oxygen atoms in total. The lowest BCUT2D eigenvalue weighted by Gasteiger charge is -2.03. The number of phenolic OH excluding ortho intramolecular Hbond substituents is 2. The summed E-state index contributed by atoms with van der Waals surface area (Å²) >= 11 is 0. The molecule has 0 aliphatic rings. The number of hydrogen-bond acceptors (Lipinski definition) is 7. The summed E-state index contributed by atoms with van der Waals surface area (Å²) < 4.78 is 4.52. The first-order valence-corrected chi connectivity index (χ1v) is 6.53. The summed E-state index contributed by atoms with van der Waals surface area (Å²) in [4.78, 5) is 38.0. The second-order valence-electron chi connectivity index (χ2n) is 4.49. The first-order valence-electron chi connectivity index (χ1n) is 6.53. The second kappa shape index (κ2) is 7.05. The van der Waals surface area contributed by atoms with E-state index in [1.54, 1.807) is 0 Å². The van der Waals surface area contributed by atoms with E-state index in [1.807, 2.05) is 0 Å². The standard InChI is InChI=1S/C16H11NO7/c18-11-5-3-9(8-12(11)19)4-6-13(20)24-16(23)10-2-1-7-17-14(10)15(21)22/h1-8,18-19H,(H,21,22)/b6-4+. The van der Waals surface area contributed by atoms with Gasteiger partial charge in [-0.1, -0.05) is 6.07 Å². The normalized spacial score (nSPS) is 10.5. The summed E-state index contributed by atoms with van der Waals surface area (Å²) in [5, 5.41) is 27.4. The maximum atomic E-state index is 11.8. The zero-order chi connectivity index (χ0) is 17.7. The van der Waals surface area contributed by atoms with Crippen molar-refractivity contribution in [1.29, 1.82) is 0 Å². The first-order chi connectivity index (χ1) is 11.4. The Morgan fingerprint density at radius 3 is 2.50 bits per heavy atom. The number of hydrogen-bond donors (Lipinski definition) is 3. The molecule has 0 saturated heterocycles. The van der Waals surface area contributed by atoms with E-state index in [2.05, 4.69) is 9.72 Å². The molecule has 3 N–H and O–H groups in total. The largest absolute Gasteiger partial charge is 0.504 e. The molecule has 0 aliphatic heterocycles. The first kappa shape index (κ1) is 16.7. The highest BCUT2D eigenvalue weighted by Gasteiger charge is 2.20.